The zero-order valence-electron chi connectivity index (χ0n) is 11.0. The molecule has 2 atom stereocenters. The van der Waals surface area contributed by atoms with Gasteiger partial charge in [-0.2, -0.15) is 4.74 Å². The molecule has 4 heteroatoms. The number of carbonyl (C=O) groups excluding carboxylic acids is 1. The van der Waals surface area contributed by atoms with Gasteiger partial charge in [-0.05, 0) is 12.0 Å². The minimum Gasteiger partial charge on any atom is -0.465 e. The monoisotopic (exact) mass is 263 g/mol. The van der Waals surface area contributed by atoms with Crippen LogP contribution in [0.5, 0.6) is 0 Å². The topological polar surface area (TPSA) is 55.8 Å². The van der Waals surface area contributed by atoms with Crippen molar-refractivity contribution in [2.24, 2.45) is 5.41 Å². The van der Waals surface area contributed by atoms with Gasteiger partial charge in [-0.15, -0.1) is 0 Å². The van der Waals surface area contributed by atoms with Gasteiger partial charge in [0.05, 0.1) is 7.11 Å². The van der Waals surface area contributed by atoms with Crippen molar-refractivity contribution in [1.82, 2.24) is 0 Å². The Hall–Kier alpha value is -1.52. The summed E-state index contributed by atoms with van der Waals surface area (Å²) in [6.07, 6.45) is 1.08. The first-order chi connectivity index (χ1) is 9.24. The third kappa shape index (κ3) is 2.60. The Bertz CT molecular complexity index is 409. The molecule has 1 N–H and O–H groups in total. The zero-order valence-corrected chi connectivity index (χ0v) is 11.0. The van der Waals surface area contributed by atoms with Crippen LogP contribution in [-0.4, -0.2) is 31.4 Å². The number of ether oxygens (including phenoxy) is 2. The van der Waals surface area contributed by atoms with Crippen LogP contribution < -0.4 is 0 Å². The lowest BCUT2D eigenvalue weighted by molar-refractivity contribution is -0.152. The number of rotatable bonds is 5. The first-order valence-corrected chi connectivity index (χ1v) is 6.45. The van der Waals surface area contributed by atoms with Crippen molar-refractivity contribution in [1.29, 1.82) is 0 Å². The van der Waals surface area contributed by atoms with Gasteiger partial charge in [-0.25, -0.2) is 4.79 Å². The molecule has 0 aromatic heterocycles. The van der Waals surface area contributed by atoms with Crippen molar-refractivity contribution in [3.05, 3.63) is 42.5 Å². The Kier molecular flexibility index (Phi) is 4.45. The molecule has 1 aromatic carbocycles. The Morgan fingerprint density at radius 3 is 2.79 bits per heavy atom. The van der Waals surface area contributed by atoms with Gasteiger partial charge < -0.3 is 9.84 Å². The average molecular weight is 263 g/mol. The van der Waals surface area contributed by atoms with E-state index in [4.69, 9.17) is 9.47 Å². The average Bonchev–Trinajstić information content (AvgIpc) is 2.95. The van der Waals surface area contributed by atoms with E-state index in [1.807, 2.05) is 30.3 Å². The van der Waals surface area contributed by atoms with Crippen LogP contribution >= 0.6 is 0 Å². The van der Waals surface area contributed by atoms with E-state index >= 15 is 0 Å². The van der Waals surface area contributed by atoms with E-state index in [1.165, 1.54) is 7.11 Å². The van der Waals surface area contributed by atoms with Crippen molar-refractivity contribution < 1.29 is 19.4 Å². The van der Waals surface area contributed by atoms with Gasteiger partial charge in [0.15, 0.2) is 0 Å². The second kappa shape index (κ2) is 6.08. The summed E-state index contributed by atoms with van der Waals surface area (Å²) in [4.78, 5) is 12.2. The maximum absolute atomic E-state index is 12.2. The molecule has 2 rings (SSSR count). The zero-order chi connectivity index (χ0) is 13.7. The summed E-state index contributed by atoms with van der Waals surface area (Å²) in [5.41, 5.74) is 0.224. The first kappa shape index (κ1) is 13.9. The molecule has 0 radical (unpaired) electrons. The fourth-order valence-electron chi connectivity index (χ4n) is 2.77. The van der Waals surface area contributed by atoms with Crippen LogP contribution in [0.4, 0.5) is 0 Å². The predicted molar refractivity (Wildman–Crippen MR) is 70.2 cm³/mol. The van der Waals surface area contributed by atoms with Gasteiger partial charge >= 0.3 is 5.97 Å². The van der Waals surface area contributed by atoms with E-state index in [9.17, 15) is 9.90 Å². The summed E-state index contributed by atoms with van der Waals surface area (Å²) in [7, 11) is 1.39. The normalized spacial score (nSPS) is 23.7. The Morgan fingerprint density at radius 2 is 2.26 bits per heavy atom. The third-order valence-electron chi connectivity index (χ3n) is 3.73. The van der Waals surface area contributed by atoms with Crippen molar-refractivity contribution >= 4 is 5.97 Å². The van der Waals surface area contributed by atoms with Crippen LogP contribution in [0.3, 0.4) is 0 Å². The lowest BCUT2D eigenvalue weighted by Crippen LogP contribution is -2.37. The molecule has 4 nitrogen and oxygen atoms in total. The van der Waals surface area contributed by atoms with Crippen molar-refractivity contribution in [2.75, 3.05) is 20.3 Å². The molecule has 1 fully saturated rings. The lowest BCUT2D eigenvalue weighted by atomic mass is 9.70. The summed E-state index contributed by atoms with van der Waals surface area (Å²) < 4.78 is 10.3. The van der Waals surface area contributed by atoms with E-state index in [0.29, 0.717) is 19.4 Å². The van der Waals surface area contributed by atoms with Crippen molar-refractivity contribution in [3.8, 4) is 0 Å². The van der Waals surface area contributed by atoms with Crippen molar-refractivity contribution in [2.45, 2.75) is 18.8 Å². The maximum Gasteiger partial charge on any atom is 0.361 e. The molecule has 1 saturated heterocycles. The molecule has 1 aliphatic heterocycles. The molecule has 0 saturated carbocycles. The largest absolute Gasteiger partial charge is 0.465 e. The standard InChI is InChI=1S/C15H19O4/c1-18-14(17)15(8-10-19-11-15)13(7-9-16)12-5-3-2-4-6-12/h2-6,11,13,16H,7-10H2,1H3/q+1/t13-,15-/m1/s1. The minimum atomic E-state index is -0.793. The smallest absolute Gasteiger partial charge is 0.361 e. The fraction of sp³-hybridized carbons (Fsp3) is 0.467. The highest BCUT2D eigenvalue weighted by atomic mass is 16.5. The van der Waals surface area contributed by atoms with Crippen LogP contribution in [-0.2, 0) is 14.3 Å². The highest BCUT2D eigenvalue weighted by molar-refractivity contribution is 5.80. The summed E-state index contributed by atoms with van der Waals surface area (Å²) in [5.74, 6) is -0.430. The number of benzene rings is 1. The van der Waals surface area contributed by atoms with Gasteiger partial charge in [-0.1, -0.05) is 30.3 Å². The number of aliphatic hydroxyl groups excluding tert-OH is 1. The first-order valence-electron chi connectivity index (χ1n) is 6.45. The van der Waals surface area contributed by atoms with Crippen LogP contribution in [0.2, 0.25) is 0 Å². The predicted octanol–water partition coefficient (Wildman–Crippen LogP) is 1.89. The van der Waals surface area contributed by atoms with Crippen LogP contribution in [0.15, 0.2) is 30.3 Å². The fourth-order valence-corrected chi connectivity index (χ4v) is 2.77. The number of methoxy groups -OCH3 is 1. The number of hydrogen-bond donors (Lipinski definition) is 1. The summed E-state index contributed by atoms with van der Waals surface area (Å²) >= 11 is 0. The maximum atomic E-state index is 12.2. The van der Waals surface area contributed by atoms with E-state index in [2.05, 4.69) is 0 Å². The molecule has 0 aliphatic carbocycles. The highest BCUT2D eigenvalue weighted by Crippen LogP contribution is 2.47. The third-order valence-corrected chi connectivity index (χ3v) is 3.73. The molecule has 0 bridgehead atoms. The number of hydrogen-bond acceptors (Lipinski definition) is 4. The molecule has 0 amide bonds. The molecule has 102 valence electrons. The van der Waals surface area contributed by atoms with Gasteiger partial charge in [0.2, 0.25) is 12.0 Å². The molecular formula is C15H19O4+. The molecule has 1 aromatic rings. The Labute approximate surface area is 113 Å². The molecule has 19 heavy (non-hydrogen) atoms. The molecule has 1 aliphatic rings. The lowest BCUT2D eigenvalue weighted by Gasteiger charge is -2.27. The van der Waals surface area contributed by atoms with E-state index in [0.717, 1.165) is 5.56 Å². The van der Waals surface area contributed by atoms with Crippen LogP contribution in [0.25, 0.3) is 0 Å². The van der Waals surface area contributed by atoms with Crippen molar-refractivity contribution in [3.63, 3.8) is 0 Å². The van der Waals surface area contributed by atoms with Gasteiger partial charge in [0.25, 0.3) is 0 Å². The Balaban J connectivity index is 2.38. The van der Waals surface area contributed by atoms with E-state index in [-0.39, 0.29) is 18.5 Å². The second-order valence-electron chi connectivity index (χ2n) is 4.75. The minimum absolute atomic E-state index is 0.0200. The number of carbonyl (C=O) groups is 1. The van der Waals surface area contributed by atoms with Gasteiger partial charge in [0.1, 0.15) is 6.61 Å². The second-order valence-corrected chi connectivity index (χ2v) is 4.75. The van der Waals surface area contributed by atoms with E-state index in [1.54, 1.807) is 6.61 Å². The van der Waals surface area contributed by atoms with E-state index < -0.39 is 5.41 Å². The van der Waals surface area contributed by atoms with Crippen LogP contribution in [0.1, 0.15) is 24.3 Å². The molecular weight excluding hydrogens is 244 g/mol. The van der Waals surface area contributed by atoms with Gasteiger partial charge in [-0.3, -0.25) is 0 Å². The number of esters is 1. The summed E-state index contributed by atoms with van der Waals surface area (Å²) in [6.45, 7) is 2.11. The van der Waals surface area contributed by atoms with Gasteiger partial charge in [0, 0.05) is 18.9 Å². The van der Waals surface area contributed by atoms with Crippen LogP contribution in [0, 0.1) is 12.0 Å². The quantitative estimate of drug-likeness (QED) is 0.651. The number of aliphatic hydroxyl groups is 1. The summed E-state index contributed by atoms with van der Waals surface area (Å²) in [6, 6.07) is 9.73. The molecule has 0 unspecified atom stereocenters. The Morgan fingerprint density at radius 1 is 1.53 bits per heavy atom. The molecule has 0 spiro atoms. The SMILES string of the molecule is COC(=O)[C@@]1([C@H](CCO)c2ccccc2)[CH+]OCC1. The summed E-state index contributed by atoms with van der Waals surface area (Å²) in [5, 5.41) is 9.32. The highest BCUT2D eigenvalue weighted by Gasteiger charge is 2.59. The molecule has 1 heterocycles.